The standard InChI is InChI=1S/C9H21O3Si/c1-10-7-8-12-6-4-5-9-13(3)11-2/h4-9H2,1-3H3. The fourth-order valence-electron chi connectivity index (χ4n) is 0.924. The highest BCUT2D eigenvalue weighted by atomic mass is 28.3. The lowest BCUT2D eigenvalue weighted by Gasteiger charge is -2.06. The van der Waals surface area contributed by atoms with Gasteiger partial charge in [-0.2, -0.15) is 0 Å². The van der Waals surface area contributed by atoms with E-state index in [2.05, 4.69) is 6.55 Å². The van der Waals surface area contributed by atoms with Crippen LogP contribution in [0.1, 0.15) is 12.8 Å². The predicted molar refractivity (Wildman–Crippen MR) is 55.4 cm³/mol. The van der Waals surface area contributed by atoms with Gasteiger partial charge in [-0.3, -0.25) is 0 Å². The van der Waals surface area contributed by atoms with Crippen LogP contribution in [0.15, 0.2) is 0 Å². The van der Waals surface area contributed by atoms with E-state index in [-0.39, 0.29) is 0 Å². The van der Waals surface area contributed by atoms with E-state index in [9.17, 15) is 0 Å². The Bertz CT molecular complexity index is 101. The molecule has 4 heteroatoms. The molecule has 0 amide bonds. The molecule has 79 valence electrons. The Labute approximate surface area is 83.1 Å². The SMILES string of the molecule is COCCOCCCC[Si](C)OC. The van der Waals surface area contributed by atoms with Crippen molar-refractivity contribution in [1.29, 1.82) is 0 Å². The molecule has 0 fully saturated rings. The summed E-state index contributed by atoms with van der Waals surface area (Å²) in [5, 5.41) is 0. The second-order valence-electron chi connectivity index (χ2n) is 2.97. The maximum absolute atomic E-state index is 5.33. The summed E-state index contributed by atoms with van der Waals surface area (Å²) in [6, 6.07) is 1.22. The fraction of sp³-hybridized carbons (Fsp3) is 1.00. The lowest BCUT2D eigenvalue weighted by atomic mass is 10.4. The van der Waals surface area contributed by atoms with E-state index in [0.717, 1.165) is 13.0 Å². The number of methoxy groups -OCH3 is 1. The molecular formula is C9H21O3Si. The van der Waals surface area contributed by atoms with Gasteiger partial charge in [-0.15, -0.1) is 0 Å². The van der Waals surface area contributed by atoms with Gasteiger partial charge in [0.1, 0.15) is 0 Å². The van der Waals surface area contributed by atoms with Crippen LogP contribution < -0.4 is 0 Å². The van der Waals surface area contributed by atoms with E-state index in [4.69, 9.17) is 13.9 Å². The maximum Gasteiger partial charge on any atom is 0.207 e. The van der Waals surface area contributed by atoms with Gasteiger partial charge in [-0.1, -0.05) is 6.42 Å². The molecule has 0 atom stereocenters. The molecule has 0 unspecified atom stereocenters. The summed E-state index contributed by atoms with van der Waals surface area (Å²) in [5.74, 6) is 0. The summed E-state index contributed by atoms with van der Waals surface area (Å²) in [5.41, 5.74) is 0. The molecule has 0 saturated carbocycles. The molecule has 0 rings (SSSR count). The van der Waals surface area contributed by atoms with Gasteiger partial charge in [0.05, 0.1) is 13.2 Å². The normalized spacial score (nSPS) is 11.1. The van der Waals surface area contributed by atoms with Crippen molar-refractivity contribution >= 4 is 9.04 Å². The summed E-state index contributed by atoms with van der Waals surface area (Å²) >= 11 is 0. The van der Waals surface area contributed by atoms with Gasteiger partial charge < -0.3 is 13.9 Å². The van der Waals surface area contributed by atoms with Crippen LogP contribution in [0, 0.1) is 0 Å². The number of rotatable bonds is 9. The Morgan fingerprint density at radius 3 is 2.38 bits per heavy atom. The molecule has 0 spiro atoms. The second-order valence-corrected chi connectivity index (χ2v) is 5.28. The molecule has 0 aliphatic heterocycles. The largest absolute Gasteiger partial charge is 0.420 e. The van der Waals surface area contributed by atoms with E-state index in [1.165, 1.54) is 12.5 Å². The molecular weight excluding hydrogens is 184 g/mol. The van der Waals surface area contributed by atoms with Gasteiger partial charge in [0.25, 0.3) is 0 Å². The first-order chi connectivity index (χ1) is 6.31. The van der Waals surface area contributed by atoms with E-state index in [1.54, 1.807) is 14.2 Å². The third kappa shape index (κ3) is 10.0. The van der Waals surface area contributed by atoms with Crippen LogP contribution in [0.4, 0.5) is 0 Å². The number of hydrogen-bond acceptors (Lipinski definition) is 3. The van der Waals surface area contributed by atoms with Crippen molar-refractivity contribution < 1.29 is 13.9 Å². The molecule has 3 nitrogen and oxygen atoms in total. The molecule has 0 aromatic carbocycles. The third-order valence-electron chi connectivity index (χ3n) is 1.85. The number of unbranched alkanes of at least 4 members (excludes halogenated alkanes) is 1. The van der Waals surface area contributed by atoms with Gasteiger partial charge in [-0.05, 0) is 19.0 Å². The molecule has 0 aliphatic carbocycles. The molecule has 0 heterocycles. The topological polar surface area (TPSA) is 27.7 Å². The van der Waals surface area contributed by atoms with Crippen LogP contribution in [0.5, 0.6) is 0 Å². The molecule has 0 N–H and O–H groups in total. The van der Waals surface area contributed by atoms with Gasteiger partial charge >= 0.3 is 0 Å². The van der Waals surface area contributed by atoms with E-state index < -0.39 is 9.04 Å². The molecule has 1 radical (unpaired) electrons. The zero-order valence-corrected chi connectivity index (χ0v) is 9.97. The van der Waals surface area contributed by atoms with Crippen molar-refractivity contribution in [3.8, 4) is 0 Å². The summed E-state index contributed by atoms with van der Waals surface area (Å²) in [6.07, 6.45) is 2.35. The highest BCUT2D eigenvalue weighted by Crippen LogP contribution is 2.01. The minimum absolute atomic E-state index is 0.506. The summed E-state index contributed by atoms with van der Waals surface area (Å²) in [7, 11) is 2.98. The Balaban J connectivity index is 2.91. The molecule has 0 aliphatic rings. The van der Waals surface area contributed by atoms with Crippen molar-refractivity contribution in [3.63, 3.8) is 0 Å². The Morgan fingerprint density at radius 1 is 1.00 bits per heavy atom. The quantitative estimate of drug-likeness (QED) is 0.423. The van der Waals surface area contributed by atoms with Crippen molar-refractivity contribution in [2.45, 2.75) is 25.4 Å². The van der Waals surface area contributed by atoms with Crippen molar-refractivity contribution in [2.24, 2.45) is 0 Å². The molecule has 0 aromatic heterocycles. The van der Waals surface area contributed by atoms with Gasteiger partial charge in [0.15, 0.2) is 0 Å². The minimum atomic E-state index is -0.506. The zero-order chi connectivity index (χ0) is 9.94. The highest BCUT2D eigenvalue weighted by Gasteiger charge is 2.01. The van der Waals surface area contributed by atoms with E-state index in [0.29, 0.717) is 13.2 Å². The van der Waals surface area contributed by atoms with Crippen LogP contribution in [0.25, 0.3) is 0 Å². The summed E-state index contributed by atoms with van der Waals surface area (Å²) in [6.45, 7) is 4.45. The lowest BCUT2D eigenvalue weighted by Crippen LogP contribution is -2.10. The molecule has 0 saturated heterocycles. The summed E-state index contributed by atoms with van der Waals surface area (Å²) < 4.78 is 15.4. The molecule has 0 aromatic rings. The first kappa shape index (κ1) is 13.1. The first-order valence-corrected chi connectivity index (χ1v) is 6.86. The second kappa shape index (κ2) is 10.2. The zero-order valence-electron chi connectivity index (χ0n) is 8.97. The number of hydrogen-bond donors (Lipinski definition) is 0. The predicted octanol–water partition coefficient (Wildman–Crippen LogP) is 1.70. The maximum atomic E-state index is 5.33. The Morgan fingerprint density at radius 2 is 1.77 bits per heavy atom. The third-order valence-corrected chi connectivity index (χ3v) is 3.60. The molecule has 13 heavy (non-hydrogen) atoms. The van der Waals surface area contributed by atoms with Crippen molar-refractivity contribution in [3.05, 3.63) is 0 Å². The van der Waals surface area contributed by atoms with Crippen molar-refractivity contribution in [1.82, 2.24) is 0 Å². The lowest BCUT2D eigenvalue weighted by molar-refractivity contribution is 0.0691. The Kier molecular flexibility index (Phi) is 10.3. The van der Waals surface area contributed by atoms with Crippen LogP contribution >= 0.6 is 0 Å². The van der Waals surface area contributed by atoms with Gasteiger partial charge in [0.2, 0.25) is 9.04 Å². The van der Waals surface area contributed by atoms with E-state index >= 15 is 0 Å². The van der Waals surface area contributed by atoms with Crippen LogP contribution in [0.2, 0.25) is 12.6 Å². The number of ether oxygens (including phenoxy) is 2. The first-order valence-electron chi connectivity index (χ1n) is 4.74. The monoisotopic (exact) mass is 205 g/mol. The van der Waals surface area contributed by atoms with Crippen LogP contribution in [-0.4, -0.2) is 43.1 Å². The van der Waals surface area contributed by atoms with E-state index in [1.807, 2.05) is 0 Å². The smallest absolute Gasteiger partial charge is 0.207 e. The van der Waals surface area contributed by atoms with Gasteiger partial charge in [-0.25, -0.2) is 0 Å². The van der Waals surface area contributed by atoms with Crippen LogP contribution in [-0.2, 0) is 13.9 Å². The average Bonchev–Trinajstić information content (AvgIpc) is 2.16. The minimum Gasteiger partial charge on any atom is -0.420 e. The summed E-state index contributed by atoms with van der Waals surface area (Å²) in [4.78, 5) is 0. The van der Waals surface area contributed by atoms with Crippen LogP contribution in [0.3, 0.4) is 0 Å². The fourth-order valence-corrected chi connectivity index (χ4v) is 1.88. The average molecular weight is 205 g/mol. The Hall–Kier alpha value is 0.0969. The van der Waals surface area contributed by atoms with Crippen molar-refractivity contribution in [2.75, 3.05) is 34.0 Å². The highest BCUT2D eigenvalue weighted by molar-refractivity contribution is 6.50. The van der Waals surface area contributed by atoms with Gasteiger partial charge in [0, 0.05) is 20.8 Å². The molecule has 0 bridgehead atoms.